The third-order valence-corrected chi connectivity index (χ3v) is 5.69. The largest absolute Gasteiger partial charge is 0.493 e. The fourth-order valence-electron chi connectivity index (χ4n) is 3.01. The molecule has 0 saturated carbocycles. The highest BCUT2D eigenvalue weighted by molar-refractivity contribution is 8.00. The number of thioether (sulfide) groups is 1. The second-order valence-electron chi connectivity index (χ2n) is 6.45. The Bertz CT molecular complexity index is 838. The molecule has 0 spiro atoms. The van der Waals surface area contributed by atoms with Crippen LogP contribution < -0.4 is 19.7 Å². The number of morpholine rings is 1. The van der Waals surface area contributed by atoms with E-state index < -0.39 is 0 Å². The Kier molecular flexibility index (Phi) is 7.21. The highest BCUT2D eigenvalue weighted by Crippen LogP contribution is 2.31. The maximum atomic E-state index is 12.7. The highest BCUT2D eigenvalue weighted by Gasteiger charge is 2.23. The minimum absolute atomic E-state index is 0.124. The van der Waals surface area contributed by atoms with E-state index in [0.29, 0.717) is 30.4 Å². The second kappa shape index (κ2) is 9.84. The molecule has 1 aliphatic heterocycles. The van der Waals surface area contributed by atoms with Crippen LogP contribution in [0.1, 0.15) is 13.8 Å². The average molecular weight is 422 g/mol. The average Bonchev–Trinajstić information content (AvgIpc) is 3.16. The summed E-state index contributed by atoms with van der Waals surface area (Å²) >= 11 is 1.39. The van der Waals surface area contributed by atoms with Gasteiger partial charge in [0.15, 0.2) is 16.7 Å². The number of amides is 1. The molecule has 29 heavy (non-hydrogen) atoms. The number of carbonyl (C=O) groups excluding carboxylic acids is 1. The lowest BCUT2D eigenvalue weighted by atomic mass is 10.2. The lowest BCUT2D eigenvalue weighted by molar-refractivity contribution is -0.115. The molecule has 0 aliphatic carbocycles. The predicted octanol–water partition coefficient (Wildman–Crippen LogP) is 2.27. The number of nitrogens with one attached hydrogen (secondary N) is 1. The molecular weight excluding hydrogens is 394 g/mol. The number of nitrogens with zero attached hydrogens (tertiary/aromatic N) is 4. The van der Waals surface area contributed by atoms with E-state index >= 15 is 0 Å². The minimum Gasteiger partial charge on any atom is -0.493 e. The van der Waals surface area contributed by atoms with E-state index in [0.717, 1.165) is 30.7 Å². The Morgan fingerprint density at radius 3 is 2.62 bits per heavy atom. The van der Waals surface area contributed by atoms with Gasteiger partial charge in [0, 0.05) is 31.4 Å². The van der Waals surface area contributed by atoms with Crippen LogP contribution in [0.4, 0.5) is 11.6 Å². The van der Waals surface area contributed by atoms with Crippen molar-refractivity contribution in [2.75, 3.05) is 50.7 Å². The summed E-state index contributed by atoms with van der Waals surface area (Å²) in [4.78, 5) is 14.9. The zero-order chi connectivity index (χ0) is 20.8. The topological polar surface area (TPSA) is 90.7 Å². The Morgan fingerprint density at radius 1 is 1.24 bits per heavy atom. The van der Waals surface area contributed by atoms with Gasteiger partial charge >= 0.3 is 0 Å². The summed E-state index contributed by atoms with van der Waals surface area (Å²) < 4.78 is 18.0. The normalized spacial score (nSPS) is 15.1. The van der Waals surface area contributed by atoms with E-state index in [2.05, 4.69) is 20.4 Å². The quantitative estimate of drug-likeness (QED) is 0.649. The Morgan fingerprint density at radius 2 is 1.97 bits per heavy atom. The molecule has 158 valence electrons. The number of carbonyl (C=O) groups is 1. The number of hydrogen-bond acceptors (Lipinski definition) is 8. The lowest BCUT2D eigenvalue weighted by Crippen LogP contribution is -2.38. The molecule has 1 aliphatic rings. The fraction of sp³-hybridized carbons (Fsp3) is 0.526. The molecule has 0 unspecified atom stereocenters. The SMILES string of the molecule is CCn1c(S[C@H](C)C(=O)Nc2ccc(OC)c(OC)c2)nnc1N1CCOCC1. The van der Waals surface area contributed by atoms with Gasteiger partial charge in [-0.3, -0.25) is 9.36 Å². The smallest absolute Gasteiger partial charge is 0.237 e. The highest BCUT2D eigenvalue weighted by atomic mass is 32.2. The van der Waals surface area contributed by atoms with Crippen LogP contribution in [0.25, 0.3) is 0 Å². The first kappa shape index (κ1) is 21.3. The van der Waals surface area contributed by atoms with E-state index in [1.54, 1.807) is 32.4 Å². The van der Waals surface area contributed by atoms with Gasteiger partial charge in [-0.2, -0.15) is 0 Å². The van der Waals surface area contributed by atoms with Gasteiger partial charge in [-0.15, -0.1) is 10.2 Å². The molecule has 2 aromatic rings. The molecule has 3 rings (SSSR count). The van der Waals surface area contributed by atoms with Gasteiger partial charge in [-0.05, 0) is 26.0 Å². The van der Waals surface area contributed by atoms with Gasteiger partial charge in [0.05, 0.1) is 32.7 Å². The van der Waals surface area contributed by atoms with Crippen molar-refractivity contribution in [1.29, 1.82) is 0 Å². The van der Waals surface area contributed by atoms with Crippen molar-refractivity contribution in [2.45, 2.75) is 30.8 Å². The van der Waals surface area contributed by atoms with Crippen LogP contribution in [0, 0.1) is 0 Å². The van der Waals surface area contributed by atoms with E-state index in [1.807, 2.05) is 18.4 Å². The molecule has 1 saturated heterocycles. The van der Waals surface area contributed by atoms with Crippen molar-refractivity contribution in [3.63, 3.8) is 0 Å². The van der Waals surface area contributed by atoms with Gasteiger partial charge in [0.25, 0.3) is 0 Å². The van der Waals surface area contributed by atoms with Gasteiger partial charge < -0.3 is 24.4 Å². The summed E-state index contributed by atoms with van der Waals surface area (Å²) in [6, 6.07) is 5.27. The molecule has 10 heteroatoms. The predicted molar refractivity (Wildman–Crippen MR) is 112 cm³/mol. The lowest BCUT2D eigenvalue weighted by Gasteiger charge is -2.27. The Labute approximate surface area is 174 Å². The van der Waals surface area contributed by atoms with Crippen molar-refractivity contribution in [3.8, 4) is 11.5 Å². The first-order valence-corrected chi connectivity index (χ1v) is 10.4. The van der Waals surface area contributed by atoms with Gasteiger partial charge in [-0.25, -0.2) is 0 Å². The third kappa shape index (κ3) is 4.94. The van der Waals surface area contributed by atoms with Crippen LogP contribution in [0.5, 0.6) is 11.5 Å². The van der Waals surface area contributed by atoms with Gasteiger partial charge in [-0.1, -0.05) is 11.8 Å². The molecule has 1 aromatic heterocycles. The van der Waals surface area contributed by atoms with Crippen LogP contribution in [0.15, 0.2) is 23.4 Å². The molecule has 0 radical (unpaired) electrons. The third-order valence-electron chi connectivity index (χ3n) is 4.61. The Balaban J connectivity index is 1.67. The summed E-state index contributed by atoms with van der Waals surface area (Å²) in [5.74, 6) is 1.87. The molecule has 1 N–H and O–H groups in total. The number of methoxy groups -OCH3 is 2. The summed E-state index contributed by atoms with van der Waals surface area (Å²) in [6.07, 6.45) is 0. The van der Waals surface area contributed by atoms with Crippen molar-refractivity contribution in [1.82, 2.24) is 14.8 Å². The standard InChI is InChI=1S/C19H27N5O4S/c1-5-24-18(23-8-10-28-11-9-23)21-22-19(24)29-13(2)17(25)20-14-6-7-15(26-3)16(12-14)27-4/h6-7,12-13H,5,8-11H2,1-4H3,(H,20,25)/t13-/m1/s1. The van der Waals surface area contributed by atoms with Crippen LogP contribution in [-0.2, 0) is 16.1 Å². The van der Waals surface area contributed by atoms with Crippen molar-refractivity contribution >= 4 is 29.3 Å². The summed E-state index contributed by atoms with van der Waals surface area (Å²) in [6.45, 7) is 7.57. The summed E-state index contributed by atoms with van der Waals surface area (Å²) in [5, 5.41) is 12.0. The monoisotopic (exact) mass is 421 g/mol. The van der Waals surface area contributed by atoms with Crippen molar-refractivity contribution in [2.24, 2.45) is 0 Å². The number of aromatic nitrogens is 3. The molecule has 9 nitrogen and oxygen atoms in total. The van der Waals surface area contributed by atoms with Crippen LogP contribution >= 0.6 is 11.8 Å². The van der Waals surface area contributed by atoms with E-state index in [4.69, 9.17) is 14.2 Å². The zero-order valence-corrected chi connectivity index (χ0v) is 18.0. The van der Waals surface area contributed by atoms with E-state index in [9.17, 15) is 4.79 Å². The maximum Gasteiger partial charge on any atom is 0.237 e. The number of anilines is 2. The number of ether oxygens (including phenoxy) is 3. The van der Waals surface area contributed by atoms with E-state index in [-0.39, 0.29) is 11.2 Å². The summed E-state index contributed by atoms with van der Waals surface area (Å²) in [7, 11) is 3.13. The summed E-state index contributed by atoms with van der Waals surface area (Å²) in [5.41, 5.74) is 0.645. The van der Waals surface area contributed by atoms with E-state index in [1.165, 1.54) is 11.8 Å². The fourth-order valence-corrected chi connectivity index (χ4v) is 3.92. The molecular formula is C19H27N5O4S. The Hall–Kier alpha value is -2.46. The first-order chi connectivity index (χ1) is 14.1. The second-order valence-corrected chi connectivity index (χ2v) is 7.75. The zero-order valence-electron chi connectivity index (χ0n) is 17.2. The molecule has 1 atom stereocenters. The van der Waals surface area contributed by atoms with Crippen LogP contribution in [0.3, 0.4) is 0 Å². The maximum absolute atomic E-state index is 12.7. The molecule has 1 aromatic carbocycles. The first-order valence-electron chi connectivity index (χ1n) is 9.52. The van der Waals surface area contributed by atoms with Gasteiger partial charge in [0.2, 0.25) is 11.9 Å². The van der Waals surface area contributed by atoms with Crippen molar-refractivity contribution < 1.29 is 19.0 Å². The molecule has 1 fully saturated rings. The number of hydrogen-bond donors (Lipinski definition) is 1. The molecule has 0 bridgehead atoms. The van der Waals surface area contributed by atoms with Crippen LogP contribution in [-0.4, -0.2) is 66.4 Å². The number of benzene rings is 1. The van der Waals surface area contributed by atoms with Crippen molar-refractivity contribution in [3.05, 3.63) is 18.2 Å². The minimum atomic E-state index is -0.352. The number of rotatable bonds is 8. The van der Waals surface area contributed by atoms with Gasteiger partial charge in [0.1, 0.15) is 0 Å². The van der Waals surface area contributed by atoms with Crippen LogP contribution in [0.2, 0.25) is 0 Å². The molecule has 2 heterocycles. The molecule has 1 amide bonds.